The standard InChI is InChI=1S/C8H12N2O2/c1-10(2)5-6-7(11)3-9-4-8(6)12/h5,9H,3-4H2,1-2H3. The molecule has 1 saturated heterocycles. The molecule has 0 bridgehead atoms. The first-order valence-corrected chi connectivity index (χ1v) is 3.76. The van der Waals surface area contributed by atoms with Crippen LogP contribution < -0.4 is 5.32 Å². The predicted molar refractivity (Wildman–Crippen MR) is 44.7 cm³/mol. The van der Waals surface area contributed by atoms with E-state index in [0.717, 1.165) is 0 Å². The Morgan fingerprint density at radius 2 is 1.75 bits per heavy atom. The first-order valence-electron chi connectivity index (χ1n) is 3.76. The van der Waals surface area contributed by atoms with Gasteiger partial charge in [0.2, 0.25) is 0 Å². The molecule has 66 valence electrons. The van der Waals surface area contributed by atoms with E-state index in [4.69, 9.17) is 0 Å². The van der Waals surface area contributed by atoms with E-state index in [0.29, 0.717) is 5.57 Å². The first-order chi connectivity index (χ1) is 5.61. The molecule has 0 unspecified atom stereocenters. The summed E-state index contributed by atoms with van der Waals surface area (Å²) in [5, 5.41) is 2.73. The van der Waals surface area contributed by atoms with Crippen molar-refractivity contribution in [2.75, 3.05) is 27.2 Å². The normalized spacial score (nSPS) is 18.0. The van der Waals surface area contributed by atoms with Crippen LogP contribution in [0.2, 0.25) is 0 Å². The molecule has 0 aromatic rings. The van der Waals surface area contributed by atoms with Gasteiger partial charge in [-0.3, -0.25) is 9.59 Å². The number of hydrogen-bond donors (Lipinski definition) is 1. The fourth-order valence-corrected chi connectivity index (χ4v) is 1.04. The molecular formula is C8H12N2O2. The van der Waals surface area contributed by atoms with E-state index in [1.807, 2.05) is 0 Å². The topological polar surface area (TPSA) is 49.4 Å². The largest absolute Gasteiger partial charge is 0.383 e. The highest BCUT2D eigenvalue weighted by molar-refractivity contribution is 6.23. The third kappa shape index (κ3) is 1.92. The zero-order valence-corrected chi connectivity index (χ0v) is 7.26. The number of piperidine rings is 1. The fourth-order valence-electron chi connectivity index (χ4n) is 1.04. The van der Waals surface area contributed by atoms with Crippen LogP contribution in [0.3, 0.4) is 0 Å². The minimum Gasteiger partial charge on any atom is -0.383 e. The maximum Gasteiger partial charge on any atom is 0.181 e. The lowest BCUT2D eigenvalue weighted by molar-refractivity contribution is -0.122. The van der Waals surface area contributed by atoms with E-state index in [2.05, 4.69) is 5.32 Å². The lowest BCUT2D eigenvalue weighted by Crippen LogP contribution is -2.39. The lowest BCUT2D eigenvalue weighted by Gasteiger charge is -2.15. The molecule has 0 aromatic carbocycles. The van der Waals surface area contributed by atoms with Gasteiger partial charge in [0, 0.05) is 20.3 Å². The quantitative estimate of drug-likeness (QED) is 0.410. The minimum absolute atomic E-state index is 0.125. The Bertz CT molecular complexity index is 225. The molecule has 4 heteroatoms. The van der Waals surface area contributed by atoms with Gasteiger partial charge in [-0.2, -0.15) is 0 Å². The maximum atomic E-state index is 11.2. The Kier molecular flexibility index (Phi) is 2.60. The van der Waals surface area contributed by atoms with E-state index < -0.39 is 0 Å². The van der Waals surface area contributed by atoms with E-state index in [9.17, 15) is 9.59 Å². The minimum atomic E-state index is -0.125. The summed E-state index contributed by atoms with van der Waals surface area (Å²) in [7, 11) is 3.57. The molecule has 0 saturated carbocycles. The van der Waals surface area contributed by atoms with Crippen molar-refractivity contribution in [1.82, 2.24) is 10.2 Å². The second kappa shape index (κ2) is 3.49. The molecule has 0 amide bonds. The van der Waals surface area contributed by atoms with E-state index in [1.54, 1.807) is 25.2 Å². The van der Waals surface area contributed by atoms with Gasteiger partial charge in [-0.05, 0) is 0 Å². The summed E-state index contributed by atoms with van der Waals surface area (Å²) in [4.78, 5) is 24.0. The van der Waals surface area contributed by atoms with E-state index in [1.165, 1.54) is 0 Å². The molecule has 1 aliphatic heterocycles. The predicted octanol–water partition coefficient (Wildman–Crippen LogP) is -0.827. The van der Waals surface area contributed by atoms with Crippen molar-refractivity contribution in [1.29, 1.82) is 0 Å². The number of Topliss-reactive ketones (excluding diaryl/α,β-unsaturated/α-hetero) is 2. The van der Waals surface area contributed by atoms with Gasteiger partial charge in [0.05, 0.1) is 18.7 Å². The molecule has 1 aliphatic rings. The summed E-state index contributed by atoms with van der Waals surface area (Å²) in [6.07, 6.45) is 1.57. The molecule has 4 nitrogen and oxygen atoms in total. The summed E-state index contributed by atoms with van der Waals surface area (Å²) < 4.78 is 0. The summed E-state index contributed by atoms with van der Waals surface area (Å²) in [5.74, 6) is -0.250. The average molecular weight is 168 g/mol. The number of carbonyl (C=O) groups excluding carboxylic acids is 2. The molecule has 1 rings (SSSR count). The molecule has 0 radical (unpaired) electrons. The van der Waals surface area contributed by atoms with Crippen LogP contribution >= 0.6 is 0 Å². The van der Waals surface area contributed by atoms with Gasteiger partial charge in [-0.25, -0.2) is 0 Å². The highest BCUT2D eigenvalue weighted by Gasteiger charge is 2.22. The zero-order valence-electron chi connectivity index (χ0n) is 7.26. The molecule has 1 heterocycles. The van der Waals surface area contributed by atoms with Crippen molar-refractivity contribution in [2.45, 2.75) is 0 Å². The van der Waals surface area contributed by atoms with Gasteiger partial charge in [0.25, 0.3) is 0 Å². The SMILES string of the molecule is CN(C)C=C1C(=O)CNCC1=O. The number of nitrogens with one attached hydrogen (secondary N) is 1. The van der Waals surface area contributed by atoms with Crippen molar-refractivity contribution in [3.8, 4) is 0 Å². The van der Waals surface area contributed by atoms with Crippen LogP contribution in [0, 0.1) is 0 Å². The number of carbonyl (C=O) groups is 2. The molecule has 0 aliphatic carbocycles. The summed E-state index contributed by atoms with van der Waals surface area (Å²) in [5.41, 5.74) is 0.304. The zero-order chi connectivity index (χ0) is 9.14. The highest BCUT2D eigenvalue weighted by atomic mass is 16.2. The van der Waals surface area contributed by atoms with Gasteiger partial charge >= 0.3 is 0 Å². The van der Waals surface area contributed by atoms with Crippen molar-refractivity contribution in [2.24, 2.45) is 0 Å². The Labute approximate surface area is 71.2 Å². The molecule has 0 aromatic heterocycles. The molecule has 12 heavy (non-hydrogen) atoms. The van der Waals surface area contributed by atoms with Crippen LogP contribution in [0.15, 0.2) is 11.8 Å². The van der Waals surface area contributed by atoms with Crippen LogP contribution in [0.5, 0.6) is 0 Å². The van der Waals surface area contributed by atoms with Crippen molar-refractivity contribution in [3.05, 3.63) is 11.8 Å². The Morgan fingerprint density at radius 3 is 2.17 bits per heavy atom. The Morgan fingerprint density at radius 1 is 1.25 bits per heavy atom. The van der Waals surface area contributed by atoms with Gasteiger partial charge in [-0.15, -0.1) is 0 Å². The molecule has 0 atom stereocenters. The highest BCUT2D eigenvalue weighted by Crippen LogP contribution is 2.02. The Hall–Kier alpha value is -1.16. The van der Waals surface area contributed by atoms with Crippen molar-refractivity contribution in [3.63, 3.8) is 0 Å². The van der Waals surface area contributed by atoms with Gasteiger partial charge in [0.1, 0.15) is 0 Å². The smallest absolute Gasteiger partial charge is 0.181 e. The number of nitrogens with zero attached hydrogens (tertiary/aromatic N) is 1. The van der Waals surface area contributed by atoms with Gasteiger partial charge in [-0.1, -0.05) is 0 Å². The molecule has 0 spiro atoms. The number of rotatable bonds is 1. The lowest BCUT2D eigenvalue weighted by atomic mass is 10.0. The molecule has 1 fully saturated rings. The van der Waals surface area contributed by atoms with Crippen molar-refractivity contribution < 1.29 is 9.59 Å². The summed E-state index contributed by atoms with van der Waals surface area (Å²) in [6, 6.07) is 0. The van der Waals surface area contributed by atoms with Crippen molar-refractivity contribution >= 4 is 11.6 Å². The molecular weight excluding hydrogens is 156 g/mol. The summed E-state index contributed by atoms with van der Waals surface area (Å²) >= 11 is 0. The average Bonchev–Trinajstić information content (AvgIpc) is 1.97. The van der Waals surface area contributed by atoms with Crippen LogP contribution in [0.1, 0.15) is 0 Å². The Balaban J connectivity index is 2.83. The summed E-state index contributed by atoms with van der Waals surface area (Å²) in [6.45, 7) is 0.539. The fraction of sp³-hybridized carbons (Fsp3) is 0.500. The van der Waals surface area contributed by atoms with Gasteiger partial charge < -0.3 is 10.2 Å². The van der Waals surface area contributed by atoms with Crippen LogP contribution in [-0.2, 0) is 9.59 Å². The van der Waals surface area contributed by atoms with Crippen LogP contribution in [-0.4, -0.2) is 43.7 Å². The second-order valence-electron chi connectivity index (χ2n) is 2.96. The van der Waals surface area contributed by atoms with Crippen LogP contribution in [0.25, 0.3) is 0 Å². The molecule has 1 N–H and O–H groups in total. The second-order valence-corrected chi connectivity index (χ2v) is 2.96. The number of hydrogen-bond acceptors (Lipinski definition) is 4. The third-order valence-corrected chi connectivity index (χ3v) is 1.56. The van der Waals surface area contributed by atoms with Gasteiger partial charge in [0.15, 0.2) is 11.6 Å². The number of ketones is 2. The third-order valence-electron chi connectivity index (χ3n) is 1.56. The van der Waals surface area contributed by atoms with E-state index >= 15 is 0 Å². The first kappa shape index (κ1) is 8.93. The van der Waals surface area contributed by atoms with E-state index in [-0.39, 0.29) is 24.7 Å². The van der Waals surface area contributed by atoms with Crippen LogP contribution in [0.4, 0.5) is 0 Å². The monoisotopic (exact) mass is 168 g/mol. The maximum absolute atomic E-state index is 11.2.